The lowest BCUT2D eigenvalue weighted by Gasteiger charge is -2.23. The van der Waals surface area contributed by atoms with Gasteiger partial charge in [-0.05, 0) is 41.3 Å². The zero-order valence-electron chi connectivity index (χ0n) is 20.8. The highest BCUT2D eigenvalue weighted by Crippen LogP contribution is 2.13. The largest absolute Gasteiger partial charge is 0.508 e. The van der Waals surface area contributed by atoms with E-state index in [1.54, 1.807) is 24.3 Å². The first-order chi connectivity index (χ1) is 17.5. The maximum Gasteiger partial charge on any atom is 0.326 e. The molecule has 0 spiro atoms. The molecule has 0 aliphatic rings. The summed E-state index contributed by atoms with van der Waals surface area (Å²) in [5.74, 6) is -3.21. The first kappa shape index (κ1) is 29.1. The number of nitrogens with two attached hydrogens (primary N) is 1. The average Bonchev–Trinajstić information content (AvgIpc) is 2.87. The van der Waals surface area contributed by atoms with Gasteiger partial charge < -0.3 is 37.0 Å². The third-order valence-corrected chi connectivity index (χ3v) is 6.00. The number of carbonyl (C=O) groups excluding carboxylic acids is 3. The number of nitrogens with one attached hydrogen (secondary N) is 3. The first-order valence-corrected chi connectivity index (χ1v) is 11.9. The minimum absolute atomic E-state index is 0.0255. The van der Waals surface area contributed by atoms with Crippen LogP contribution in [-0.2, 0) is 32.0 Å². The number of phenols is 2. The molecule has 0 bridgehead atoms. The SMILES string of the molecule is CCC(C)C(N)C(=O)NC(Cc1ccc(O)cc1)C(=O)NCC(=O)NC(Cc1ccc(O)cc1)C(=O)O. The van der Waals surface area contributed by atoms with Crippen molar-refractivity contribution in [1.82, 2.24) is 16.0 Å². The van der Waals surface area contributed by atoms with Crippen LogP contribution in [0.2, 0.25) is 0 Å². The van der Waals surface area contributed by atoms with Gasteiger partial charge in [0.2, 0.25) is 17.7 Å². The molecule has 4 unspecified atom stereocenters. The molecule has 0 fully saturated rings. The summed E-state index contributed by atoms with van der Waals surface area (Å²) in [5.41, 5.74) is 7.24. The van der Waals surface area contributed by atoms with Crippen molar-refractivity contribution in [1.29, 1.82) is 0 Å². The Labute approximate surface area is 215 Å². The molecule has 4 atom stereocenters. The van der Waals surface area contributed by atoms with Crippen LogP contribution < -0.4 is 21.7 Å². The molecule has 2 aromatic rings. The molecule has 3 amide bonds. The second kappa shape index (κ2) is 13.8. The molecule has 200 valence electrons. The van der Waals surface area contributed by atoms with Gasteiger partial charge in [-0.3, -0.25) is 14.4 Å². The van der Waals surface area contributed by atoms with Gasteiger partial charge in [-0.1, -0.05) is 44.5 Å². The molecule has 0 aromatic heterocycles. The smallest absolute Gasteiger partial charge is 0.326 e. The van der Waals surface area contributed by atoms with E-state index in [0.717, 1.165) is 0 Å². The predicted molar refractivity (Wildman–Crippen MR) is 136 cm³/mol. The number of phenolic OH excluding ortho intramolecular Hbond substituents is 2. The van der Waals surface area contributed by atoms with Gasteiger partial charge in [0, 0.05) is 12.8 Å². The van der Waals surface area contributed by atoms with E-state index in [1.807, 2.05) is 13.8 Å². The summed E-state index contributed by atoms with van der Waals surface area (Å²) < 4.78 is 0. The second-order valence-corrected chi connectivity index (χ2v) is 8.89. The van der Waals surface area contributed by atoms with Crippen LogP contribution in [0.3, 0.4) is 0 Å². The maximum absolute atomic E-state index is 12.9. The van der Waals surface area contributed by atoms with Gasteiger partial charge >= 0.3 is 5.97 Å². The van der Waals surface area contributed by atoms with Crippen molar-refractivity contribution in [2.75, 3.05) is 6.54 Å². The highest BCUT2D eigenvalue weighted by atomic mass is 16.4. The van der Waals surface area contributed by atoms with E-state index in [4.69, 9.17) is 5.73 Å². The molecule has 0 radical (unpaired) electrons. The van der Waals surface area contributed by atoms with Crippen LogP contribution in [0.1, 0.15) is 31.4 Å². The van der Waals surface area contributed by atoms with Crippen LogP contribution in [-0.4, -0.2) is 63.7 Å². The van der Waals surface area contributed by atoms with Crippen LogP contribution in [0.15, 0.2) is 48.5 Å². The van der Waals surface area contributed by atoms with E-state index in [1.165, 1.54) is 24.3 Å². The lowest BCUT2D eigenvalue weighted by atomic mass is 9.98. The first-order valence-electron chi connectivity index (χ1n) is 11.9. The maximum atomic E-state index is 12.9. The number of carboxylic acid groups (broad SMARTS) is 1. The molecule has 37 heavy (non-hydrogen) atoms. The summed E-state index contributed by atoms with van der Waals surface area (Å²) in [5, 5.41) is 35.8. The van der Waals surface area contributed by atoms with Gasteiger partial charge in [-0.2, -0.15) is 0 Å². The van der Waals surface area contributed by atoms with Gasteiger partial charge in [-0.15, -0.1) is 0 Å². The molecule has 0 saturated carbocycles. The summed E-state index contributed by atoms with van der Waals surface area (Å²) in [6.45, 7) is 3.20. The highest BCUT2D eigenvalue weighted by molar-refractivity contribution is 5.92. The third kappa shape index (κ3) is 9.45. The fourth-order valence-corrected chi connectivity index (χ4v) is 3.46. The summed E-state index contributed by atoms with van der Waals surface area (Å²) in [6.07, 6.45) is 0.714. The highest BCUT2D eigenvalue weighted by Gasteiger charge is 2.27. The Morgan fingerprint density at radius 1 is 0.811 bits per heavy atom. The zero-order valence-corrected chi connectivity index (χ0v) is 20.8. The van der Waals surface area contributed by atoms with Crippen molar-refractivity contribution >= 4 is 23.7 Å². The predicted octanol–water partition coefficient (Wildman–Crippen LogP) is 0.427. The minimum atomic E-state index is -1.26. The fraction of sp³-hybridized carbons (Fsp3) is 0.385. The Bertz CT molecular complexity index is 1070. The molecule has 0 heterocycles. The molecule has 2 aromatic carbocycles. The van der Waals surface area contributed by atoms with Crippen LogP contribution in [0, 0.1) is 5.92 Å². The van der Waals surface area contributed by atoms with Crippen molar-refractivity contribution < 1.29 is 34.5 Å². The van der Waals surface area contributed by atoms with Crippen molar-refractivity contribution in [2.24, 2.45) is 11.7 Å². The normalized spacial score (nSPS) is 14.0. The molecule has 8 N–H and O–H groups in total. The fourth-order valence-electron chi connectivity index (χ4n) is 3.46. The van der Waals surface area contributed by atoms with Crippen LogP contribution >= 0.6 is 0 Å². The van der Waals surface area contributed by atoms with E-state index in [0.29, 0.717) is 17.5 Å². The number of carbonyl (C=O) groups is 4. The van der Waals surface area contributed by atoms with Crippen LogP contribution in [0.5, 0.6) is 11.5 Å². The molecule has 11 nitrogen and oxygen atoms in total. The Kier molecular flexibility index (Phi) is 10.9. The number of aliphatic carboxylic acids is 1. The summed E-state index contributed by atoms with van der Waals surface area (Å²) in [4.78, 5) is 49.6. The minimum Gasteiger partial charge on any atom is -0.508 e. The quantitative estimate of drug-likeness (QED) is 0.200. The number of hydrogen-bond acceptors (Lipinski definition) is 7. The van der Waals surface area contributed by atoms with Crippen LogP contribution in [0.4, 0.5) is 0 Å². The molecule has 11 heteroatoms. The molecule has 0 saturated heterocycles. The van der Waals surface area contributed by atoms with Crippen molar-refractivity contribution in [2.45, 2.75) is 51.2 Å². The summed E-state index contributed by atoms with van der Waals surface area (Å²) >= 11 is 0. The third-order valence-electron chi connectivity index (χ3n) is 6.00. The zero-order chi connectivity index (χ0) is 27.5. The molecule has 0 aliphatic heterocycles. The summed E-state index contributed by atoms with van der Waals surface area (Å²) in [6, 6.07) is 8.85. The number of carboxylic acids is 1. The number of aromatic hydroxyl groups is 2. The molecular weight excluding hydrogens is 480 g/mol. The van der Waals surface area contributed by atoms with E-state index in [-0.39, 0.29) is 30.3 Å². The monoisotopic (exact) mass is 514 g/mol. The van der Waals surface area contributed by atoms with Crippen molar-refractivity contribution in [3.63, 3.8) is 0 Å². The van der Waals surface area contributed by atoms with E-state index in [9.17, 15) is 34.5 Å². The number of rotatable bonds is 13. The van der Waals surface area contributed by atoms with Gasteiger partial charge in [0.1, 0.15) is 23.6 Å². The number of hydrogen-bond donors (Lipinski definition) is 7. The van der Waals surface area contributed by atoms with E-state index < -0.39 is 48.4 Å². The van der Waals surface area contributed by atoms with Gasteiger partial charge in [0.05, 0.1) is 12.6 Å². The molecular formula is C26H34N4O7. The standard InChI is InChI=1S/C26H34N4O7/c1-3-15(2)23(27)25(35)30-20(12-16-4-8-18(31)9-5-16)24(34)28-14-22(33)29-21(26(36)37)13-17-6-10-19(32)11-7-17/h4-11,15,20-21,23,31-32H,3,12-14,27H2,1-2H3,(H,28,34)(H,29,33)(H,30,35)(H,36,37). The Morgan fingerprint density at radius 2 is 1.30 bits per heavy atom. The molecule has 0 aliphatic carbocycles. The van der Waals surface area contributed by atoms with E-state index >= 15 is 0 Å². The summed E-state index contributed by atoms with van der Waals surface area (Å²) in [7, 11) is 0. The van der Waals surface area contributed by atoms with Gasteiger partial charge in [0.25, 0.3) is 0 Å². The lowest BCUT2D eigenvalue weighted by molar-refractivity contribution is -0.141. The Hall–Kier alpha value is -4.12. The van der Waals surface area contributed by atoms with Gasteiger partial charge in [0.15, 0.2) is 0 Å². The number of benzene rings is 2. The number of amides is 3. The average molecular weight is 515 g/mol. The van der Waals surface area contributed by atoms with Gasteiger partial charge in [-0.25, -0.2) is 4.79 Å². The Morgan fingerprint density at radius 3 is 1.76 bits per heavy atom. The molecule has 2 rings (SSSR count). The van der Waals surface area contributed by atoms with Crippen LogP contribution in [0.25, 0.3) is 0 Å². The topological polar surface area (TPSA) is 191 Å². The van der Waals surface area contributed by atoms with E-state index in [2.05, 4.69) is 16.0 Å². The Balaban J connectivity index is 2.04. The second-order valence-electron chi connectivity index (χ2n) is 8.89. The van der Waals surface area contributed by atoms with Crippen molar-refractivity contribution in [3.05, 3.63) is 59.7 Å². The van der Waals surface area contributed by atoms with Crippen molar-refractivity contribution in [3.8, 4) is 11.5 Å². The lowest BCUT2D eigenvalue weighted by Crippen LogP contribution is -2.55.